The van der Waals surface area contributed by atoms with E-state index in [9.17, 15) is 26.4 Å². The average Bonchev–Trinajstić information content (AvgIpc) is 2.66. The van der Waals surface area contributed by atoms with E-state index in [1.807, 2.05) is 0 Å². The molecule has 1 aliphatic heterocycles. The molecule has 0 bridgehead atoms. The van der Waals surface area contributed by atoms with Crippen LogP contribution in [0.2, 0.25) is 0 Å². The first kappa shape index (κ1) is 13.1. The SMILES string of the molecule is O=C(c1ccc(F)c(F)c1F)C1CCS(=O)(=O)C1. The number of rotatable bonds is 2. The van der Waals surface area contributed by atoms with Crippen molar-refractivity contribution in [2.75, 3.05) is 11.5 Å². The minimum Gasteiger partial charge on any atom is -0.294 e. The summed E-state index contributed by atoms with van der Waals surface area (Å²) in [5, 5.41) is 0. The Labute approximate surface area is 102 Å². The van der Waals surface area contributed by atoms with Crippen molar-refractivity contribution >= 4 is 15.6 Å². The summed E-state index contributed by atoms with van der Waals surface area (Å²) < 4.78 is 61.5. The van der Waals surface area contributed by atoms with Crippen molar-refractivity contribution < 1.29 is 26.4 Å². The molecule has 0 saturated carbocycles. The third kappa shape index (κ3) is 2.27. The van der Waals surface area contributed by atoms with E-state index < -0.39 is 44.6 Å². The molecule has 1 unspecified atom stereocenters. The Morgan fingerprint density at radius 1 is 1.17 bits per heavy atom. The number of ketones is 1. The van der Waals surface area contributed by atoms with Crippen LogP contribution < -0.4 is 0 Å². The van der Waals surface area contributed by atoms with Crippen molar-refractivity contribution in [3.05, 3.63) is 35.1 Å². The van der Waals surface area contributed by atoms with Gasteiger partial charge < -0.3 is 0 Å². The summed E-state index contributed by atoms with van der Waals surface area (Å²) in [6.07, 6.45) is 0.0829. The molecule has 0 aromatic heterocycles. The van der Waals surface area contributed by atoms with Gasteiger partial charge in [-0.15, -0.1) is 0 Å². The Hall–Kier alpha value is -1.37. The van der Waals surface area contributed by atoms with Gasteiger partial charge in [0.2, 0.25) is 0 Å². The van der Waals surface area contributed by atoms with Gasteiger partial charge in [-0.25, -0.2) is 21.6 Å². The molecule has 1 saturated heterocycles. The molecule has 1 fully saturated rings. The van der Waals surface area contributed by atoms with Gasteiger partial charge in [0.05, 0.1) is 17.1 Å². The number of Topliss-reactive ketones (excluding diaryl/α,β-unsaturated/α-hetero) is 1. The predicted octanol–water partition coefficient (Wildman–Crippen LogP) is 1.72. The standard InChI is InChI=1S/C11H9F3O3S/c12-8-2-1-7(9(13)10(8)14)11(15)6-3-4-18(16,17)5-6/h1-2,6H,3-5H2. The van der Waals surface area contributed by atoms with Gasteiger partial charge in [-0.1, -0.05) is 0 Å². The smallest absolute Gasteiger partial charge is 0.195 e. The van der Waals surface area contributed by atoms with Crippen LogP contribution in [-0.4, -0.2) is 25.7 Å². The van der Waals surface area contributed by atoms with Crippen molar-refractivity contribution in [3.63, 3.8) is 0 Å². The molecule has 1 heterocycles. The molecular formula is C11H9F3O3S. The van der Waals surface area contributed by atoms with Gasteiger partial charge in [0.1, 0.15) is 0 Å². The van der Waals surface area contributed by atoms with Crippen LogP contribution in [0.5, 0.6) is 0 Å². The summed E-state index contributed by atoms with van der Waals surface area (Å²) in [6.45, 7) is 0. The number of halogens is 3. The molecule has 2 rings (SSSR count). The molecule has 18 heavy (non-hydrogen) atoms. The number of sulfone groups is 1. The minimum atomic E-state index is -3.29. The van der Waals surface area contributed by atoms with Crippen molar-refractivity contribution in [2.24, 2.45) is 5.92 Å². The molecular weight excluding hydrogens is 269 g/mol. The maximum Gasteiger partial charge on any atom is 0.195 e. The number of carbonyl (C=O) groups excluding carboxylic acids is 1. The maximum absolute atomic E-state index is 13.4. The zero-order chi connectivity index (χ0) is 13.5. The van der Waals surface area contributed by atoms with Gasteiger partial charge in [-0.05, 0) is 18.6 Å². The monoisotopic (exact) mass is 278 g/mol. The van der Waals surface area contributed by atoms with Crippen LogP contribution in [0.1, 0.15) is 16.8 Å². The quantitative estimate of drug-likeness (QED) is 0.611. The molecule has 1 aromatic rings. The fourth-order valence-electron chi connectivity index (χ4n) is 1.94. The second kappa shape index (κ2) is 4.38. The van der Waals surface area contributed by atoms with E-state index in [0.29, 0.717) is 6.07 Å². The van der Waals surface area contributed by atoms with E-state index in [1.54, 1.807) is 0 Å². The zero-order valence-electron chi connectivity index (χ0n) is 9.12. The summed E-state index contributed by atoms with van der Waals surface area (Å²) in [4.78, 5) is 11.8. The predicted molar refractivity (Wildman–Crippen MR) is 57.4 cm³/mol. The fourth-order valence-corrected chi connectivity index (χ4v) is 3.68. The Balaban J connectivity index is 2.33. The first-order valence-corrected chi connectivity index (χ1v) is 7.02. The van der Waals surface area contributed by atoms with Crippen LogP contribution in [0.4, 0.5) is 13.2 Å². The van der Waals surface area contributed by atoms with Crippen molar-refractivity contribution in [1.82, 2.24) is 0 Å². The third-order valence-electron chi connectivity index (χ3n) is 2.90. The lowest BCUT2D eigenvalue weighted by Crippen LogP contribution is -2.18. The van der Waals surface area contributed by atoms with Gasteiger partial charge in [-0.3, -0.25) is 4.79 Å². The van der Waals surface area contributed by atoms with E-state index >= 15 is 0 Å². The Morgan fingerprint density at radius 2 is 1.83 bits per heavy atom. The van der Waals surface area contributed by atoms with Gasteiger partial charge in [0, 0.05) is 5.92 Å². The number of hydrogen-bond donors (Lipinski definition) is 0. The minimum absolute atomic E-state index is 0.0829. The van der Waals surface area contributed by atoms with Crippen LogP contribution in [0.3, 0.4) is 0 Å². The van der Waals surface area contributed by atoms with Crippen LogP contribution in [0, 0.1) is 23.4 Å². The number of benzene rings is 1. The average molecular weight is 278 g/mol. The summed E-state index contributed by atoms with van der Waals surface area (Å²) in [5.41, 5.74) is -0.601. The normalized spacial score (nSPS) is 22.1. The molecule has 3 nitrogen and oxygen atoms in total. The van der Waals surface area contributed by atoms with E-state index in [-0.39, 0.29) is 17.9 Å². The van der Waals surface area contributed by atoms with E-state index in [1.165, 1.54) is 0 Å². The molecule has 1 aromatic carbocycles. The number of hydrogen-bond acceptors (Lipinski definition) is 3. The second-order valence-electron chi connectivity index (χ2n) is 4.19. The van der Waals surface area contributed by atoms with Gasteiger partial charge in [0.25, 0.3) is 0 Å². The van der Waals surface area contributed by atoms with Crippen LogP contribution in [0.25, 0.3) is 0 Å². The molecule has 0 amide bonds. The molecule has 0 N–H and O–H groups in total. The highest BCUT2D eigenvalue weighted by molar-refractivity contribution is 7.91. The molecule has 0 radical (unpaired) electrons. The van der Waals surface area contributed by atoms with Crippen LogP contribution in [-0.2, 0) is 9.84 Å². The number of carbonyl (C=O) groups is 1. The van der Waals surface area contributed by atoms with E-state index in [4.69, 9.17) is 0 Å². The molecule has 7 heteroatoms. The second-order valence-corrected chi connectivity index (χ2v) is 6.42. The summed E-state index contributed by atoms with van der Waals surface area (Å²) >= 11 is 0. The lowest BCUT2D eigenvalue weighted by atomic mass is 9.96. The first-order valence-electron chi connectivity index (χ1n) is 5.20. The van der Waals surface area contributed by atoms with Gasteiger partial charge >= 0.3 is 0 Å². The molecule has 0 spiro atoms. The Morgan fingerprint density at radius 3 is 2.39 bits per heavy atom. The largest absolute Gasteiger partial charge is 0.294 e. The molecule has 98 valence electrons. The lowest BCUT2D eigenvalue weighted by molar-refractivity contribution is 0.0928. The summed E-state index contributed by atoms with van der Waals surface area (Å²) in [6, 6.07) is 1.48. The Kier molecular flexibility index (Phi) is 3.18. The van der Waals surface area contributed by atoms with Crippen LogP contribution >= 0.6 is 0 Å². The van der Waals surface area contributed by atoms with E-state index in [0.717, 1.165) is 6.07 Å². The highest BCUT2D eigenvalue weighted by Crippen LogP contribution is 2.25. The molecule has 1 atom stereocenters. The zero-order valence-corrected chi connectivity index (χ0v) is 9.94. The van der Waals surface area contributed by atoms with Gasteiger partial charge in [-0.2, -0.15) is 0 Å². The highest BCUT2D eigenvalue weighted by Gasteiger charge is 2.35. The summed E-state index contributed by atoms with van der Waals surface area (Å²) in [5.74, 6) is -6.87. The Bertz CT molecular complexity index is 610. The first-order chi connectivity index (χ1) is 8.32. The molecule has 1 aliphatic rings. The topological polar surface area (TPSA) is 51.2 Å². The van der Waals surface area contributed by atoms with Gasteiger partial charge in [0.15, 0.2) is 33.1 Å². The molecule has 0 aliphatic carbocycles. The van der Waals surface area contributed by atoms with Crippen molar-refractivity contribution in [3.8, 4) is 0 Å². The summed E-state index contributed by atoms with van der Waals surface area (Å²) in [7, 11) is -3.29. The maximum atomic E-state index is 13.4. The third-order valence-corrected chi connectivity index (χ3v) is 4.67. The van der Waals surface area contributed by atoms with Crippen molar-refractivity contribution in [2.45, 2.75) is 6.42 Å². The van der Waals surface area contributed by atoms with Crippen LogP contribution in [0.15, 0.2) is 12.1 Å². The highest BCUT2D eigenvalue weighted by atomic mass is 32.2. The lowest BCUT2D eigenvalue weighted by Gasteiger charge is -2.08. The fraction of sp³-hybridized carbons (Fsp3) is 0.364. The van der Waals surface area contributed by atoms with Crippen molar-refractivity contribution in [1.29, 1.82) is 0 Å². The van der Waals surface area contributed by atoms with E-state index in [2.05, 4.69) is 0 Å².